The lowest BCUT2D eigenvalue weighted by atomic mass is 9.83. The number of amides is 1. The van der Waals surface area contributed by atoms with Crippen LogP contribution in [-0.2, 0) is 9.53 Å². The van der Waals surface area contributed by atoms with Crippen molar-refractivity contribution < 1.29 is 24.0 Å². The lowest BCUT2D eigenvalue weighted by Crippen LogP contribution is -2.41. The largest absolute Gasteiger partial charge is 0.494 e. The first kappa shape index (κ1) is 25.4. The summed E-state index contributed by atoms with van der Waals surface area (Å²) in [5, 5.41) is 12.0. The number of esters is 1. The van der Waals surface area contributed by atoms with Gasteiger partial charge in [-0.15, -0.1) is 0 Å². The smallest absolute Gasteiger partial charge is 0.338 e. The summed E-state index contributed by atoms with van der Waals surface area (Å²) in [6, 6.07) is 19.1. The van der Waals surface area contributed by atoms with E-state index in [1.165, 1.54) is 6.07 Å². The Bertz CT molecular complexity index is 1340. The molecule has 0 radical (unpaired) electrons. The first-order chi connectivity index (χ1) is 18.4. The molecule has 2 fully saturated rings. The molecule has 38 heavy (non-hydrogen) atoms. The second kappa shape index (κ2) is 10.6. The Hall–Kier alpha value is -4.28. The van der Waals surface area contributed by atoms with Gasteiger partial charge < -0.3 is 14.4 Å². The maximum absolute atomic E-state index is 13.8. The van der Waals surface area contributed by atoms with Crippen molar-refractivity contribution in [3.8, 4) is 5.75 Å². The maximum atomic E-state index is 13.8. The highest BCUT2D eigenvalue weighted by atomic mass is 16.6. The van der Waals surface area contributed by atoms with Crippen molar-refractivity contribution in [2.75, 3.05) is 18.1 Å². The summed E-state index contributed by atoms with van der Waals surface area (Å²) >= 11 is 0. The molecule has 0 aromatic heterocycles. The van der Waals surface area contributed by atoms with E-state index >= 15 is 0 Å². The Morgan fingerprint density at radius 1 is 0.947 bits per heavy atom. The van der Waals surface area contributed by atoms with Crippen molar-refractivity contribution >= 4 is 23.3 Å². The van der Waals surface area contributed by atoms with Gasteiger partial charge >= 0.3 is 5.97 Å². The van der Waals surface area contributed by atoms with Gasteiger partial charge in [-0.3, -0.25) is 14.9 Å². The monoisotopic (exact) mass is 516 g/mol. The number of para-hydroxylation sites is 1. The van der Waals surface area contributed by atoms with Crippen LogP contribution < -0.4 is 20.5 Å². The number of nitrogens with zero attached hydrogens (tertiary/aromatic N) is 2. The SMILES string of the molecule is CCOC(=O)c1ccc(N2C(=O)C3NNC(c4ccc(OCC)cc4)C3C2c2ccccc2[N+](=O)[O-])cc1. The van der Waals surface area contributed by atoms with E-state index in [0.29, 0.717) is 23.4 Å². The average molecular weight is 517 g/mol. The fourth-order valence-corrected chi connectivity index (χ4v) is 5.37. The van der Waals surface area contributed by atoms with Crippen LogP contribution in [0.5, 0.6) is 5.75 Å². The number of anilines is 1. The van der Waals surface area contributed by atoms with E-state index in [0.717, 1.165) is 11.3 Å². The van der Waals surface area contributed by atoms with Crippen LogP contribution in [0.2, 0.25) is 0 Å². The molecule has 0 saturated carbocycles. The number of ether oxygens (including phenoxy) is 2. The molecule has 5 rings (SSSR count). The van der Waals surface area contributed by atoms with Gasteiger partial charge in [0, 0.05) is 17.7 Å². The van der Waals surface area contributed by atoms with Gasteiger partial charge in [0.05, 0.1) is 41.3 Å². The minimum atomic E-state index is -0.651. The predicted octanol–water partition coefficient (Wildman–Crippen LogP) is 4.09. The second-order valence-corrected chi connectivity index (χ2v) is 9.06. The number of benzene rings is 3. The zero-order chi connectivity index (χ0) is 26.8. The number of fused-ring (bicyclic) bond motifs is 1. The van der Waals surface area contributed by atoms with Crippen LogP contribution in [-0.4, -0.2) is 36.1 Å². The summed E-state index contributed by atoms with van der Waals surface area (Å²) < 4.78 is 10.6. The number of hydrogen-bond donors (Lipinski definition) is 2. The van der Waals surface area contributed by atoms with Crippen LogP contribution in [0.15, 0.2) is 72.8 Å². The molecule has 2 heterocycles. The van der Waals surface area contributed by atoms with Crippen molar-refractivity contribution in [2.24, 2.45) is 5.92 Å². The Balaban J connectivity index is 1.59. The third kappa shape index (κ3) is 4.48. The Kier molecular flexibility index (Phi) is 7.08. The molecule has 2 N–H and O–H groups in total. The molecule has 0 bridgehead atoms. The Labute approximate surface area is 219 Å². The lowest BCUT2D eigenvalue weighted by molar-refractivity contribution is -0.385. The summed E-state index contributed by atoms with van der Waals surface area (Å²) in [4.78, 5) is 39.2. The number of nitro benzene ring substituents is 1. The van der Waals surface area contributed by atoms with Crippen molar-refractivity contribution in [1.82, 2.24) is 10.9 Å². The summed E-state index contributed by atoms with van der Waals surface area (Å²) in [6.07, 6.45) is 0. The molecule has 4 atom stereocenters. The molecule has 2 aliphatic heterocycles. The minimum Gasteiger partial charge on any atom is -0.494 e. The standard InChI is InChI=1S/C28H28N4O6/c1-3-37-20-15-11-17(12-16-20)24-23-25(30-29-24)27(33)31(19-13-9-18(10-14-19)28(34)38-4-2)26(23)21-7-5-6-8-22(21)32(35)36/h5-16,23-26,29-30H,3-4H2,1-2H3. The van der Waals surface area contributed by atoms with E-state index in [1.54, 1.807) is 54.3 Å². The molecule has 3 aromatic carbocycles. The molecule has 3 aromatic rings. The highest BCUT2D eigenvalue weighted by Gasteiger charge is 2.57. The number of nitro groups is 1. The topological polar surface area (TPSA) is 123 Å². The second-order valence-electron chi connectivity index (χ2n) is 9.06. The normalized spacial score (nSPS) is 22.3. The first-order valence-corrected chi connectivity index (χ1v) is 12.5. The third-order valence-electron chi connectivity index (χ3n) is 6.97. The molecule has 10 nitrogen and oxygen atoms in total. The predicted molar refractivity (Wildman–Crippen MR) is 140 cm³/mol. The fourth-order valence-electron chi connectivity index (χ4n) is 5.37. The van der Waals surface area contributed by atoms with E-state index in [4.69, 9.17) is 9.47 Å². The first-order valence-electron chi connectivity index (χ1n) is 12.5. The molecule has 0 aliphatic carbocycles. The summed E-state index contributed by atoms with van der Waals surface area (Å²) in [6.45, 7) is 4.44. The molecule has 4 unspecified atom stereocenters. The van der Waals surface area contributed by atoms with Crippen molar-refractivity contribution in [3.63, 3.8) is 0 Å². The van der Waals surface area contributed by atoms with Crippen molar-refractivity contribution in [2.45, 2.75) is 32.0 Å². The van der Waals surface area contributed by atoms with Crippen LogP contribution in [0.25, 0.3) is 0 Å². The number of rotatable bonds is 8. The zero-order valence-electron chi connectivity index (χ0n) is 21.0. The maximum Gasteiger partial charge on any atom is 0.338 e. The van der Waals surface area contributed by atoms with Crippen LogP contribution in [0.4, 0.5) is 11.4 Å². The highest BCUT2D eigenvalue weighted by molar-refractivity contribution is 6.02. The van der Waals surface area contributed by atoms with Gasteiger partial charge in [-0.2, -0.15) is 0 Å². The van der Waals surface area contributed by atoms with Gasteiger partial charge in [-0.1, -0.05) is 30.3 Å². The van der Waals surface area contributed by atoms with Gasteiger partial charge in [-0.05, 0) is 55.8 Å². The van der Waals surface area contributed by atoms with Crippen LogP contribution >= 0.6 is 0 Å². The van der Waals surface area contributed by atoms with Gasteiger partial charge in [-0.25, -0.2) is 15.6 Å². The number of nitrogens with one attached hydrogen (secondary N) is 2. The summed E-state index contributed by atoms with van der Waals surface area (Å²) in [5.41, 5.74) is 8.57. The number of hydrazine groups is 1. The molecular formula is C28H28N4O6. The minimum absolute atomic E-state index is 0.0589. The van der Waals surface area contributed by atoms with E-state index in [1.807, 2.05) is 31.2 Å². The molecular weight excluding hydrogens is 488 g/mol. The quantitative estimate of drug-likeness (QED) is 0.261. The van der Waals surface area contributed by atoms with E-state index < -0.39 is 23.0 Å². The van der Waals surface area contributed by atoms with Gasteiger partial charge in [0.25, 0.3) is 5.69 Å². The van der Waals surface area contributed by atoms with Gasteiger partial charge in [0.15, 0.2) is 0 Å². The fraction of sp³-hybridized carbons (Fsp3) is 0.286. The van der Waals surface area contributed by atoms with E-state index in [2.05, 4.69) is 10.9 Å². The zero-order valence-corrected chi connectivity index (χ0v) is 21.0. The number of carbonyl (C=O) groups is 2. The molecule has 196 valence electrons. The van der Waals surface area contributed by atoms with Crippen LogP contribution in [0, 0.1) is 16.0 Å². The van der Waals surface area contributed by atoms with E-state index in [-0.39, 0.29) is 30.2 Å². The van der Waals surface area contributed by atoms with Gasteiger partial charge in [0.1, 0.15) is 11.8 Å². The summed E-state index contributed by atoms with van der Waals surface area (Å²) in [7, 11) is 0. The average Bonchev–Trinajstić information content (AvgIpc) is 3.48. The molecule has 0 spiro atoms. The molecule has 10 heteroatoms. The summed E-state index contributed by atoms with van der Waals surface area (Å²) in [5.74, 6) is -0.311. The molecule has 2 saturated heterocycles. The van der Waals surface area contributed by atoms with E-state index in [9.17, 15) is 19.7 Å². The molecule has 1 amide bonds. The van der Waals surface area contributed by atoms with Crippen molar-refractivity contribution in [1.29, 1.82) is 0 Å². The highest BCUT2D eigenvalue weighted by Crippen LogP contribution is 2.50. The Morgan fingerprint density at radius 2 is 1.63 bits per heavy atom. The third-order valence-corrected chi connectivity index (χ3v) is 6.97. The van der Waals surface area contributed by atoms with Crippen LogP contribution in [0.1, 0.15) is 47.4 Å². The van der Waals surface area contributed by atoms with Crippen LogP contribution in [0.3, 0.4) is 0 Å². The van der Waals surface area contributed by atoms with Gasteiger partial charge in [0.2, 0.25) is 5.91 Å². The molecule has 2 aliphatic rings. The Morgan fingerprint density at radius 3 is 2.29 bits per heavy atom. The number of hydrogen-bond acceptors (Lipinski definition) is 8. The van der Waals surface area contributed by atoms with Crippen molar-refractivity contribution in [3.05, 3.63) is 99.6 Å². The number of carbonyl (C=O) groups excluding carboxylic acids is 2. The lowest BCUT2D eigenvalue weighted by Gasteiger charge is -2.31.